The average molecular weight is 368 g/mol. The molecule has 0 unspecified atom stereocenters. The minimum atomic E-state index is -0.381. The lowest BCUT2D eigenvalue weighted by Crippen LogP contribution is -2.47. The van der Waals surface area contributed by atoms with Crippen molar-refractivity contribution in [2.75, 3.05) is 18.0 Å². The molecule has 0 radical (unpaired) electrons. The van der Waals surface area contributed by atoms with Crippen molar-refractivity contribution in [3.8, 4) is 11.4 Å². The van der Waals surface area contributed by atoms with Crippen LogP contribution in [0.2, 0.25) is 0 Å². The fraction of sp³-hybridized carbons (Fsp3) is 0.450. The number of aromatic amines is 1. The summed E-state index contributed by atoms with van der Waals surface area (Å²) in [6.45, 7) is 6.10. The van der Waals surface area contributed by atoms with Gasteiger partial charge in [0.1, 0.15) is 11.5 Å². The average Bonchev–Trinajstić information content (AvgIpc) is 3.05. The lowest BCUT2D eigenvalue weighted by molar-refractivity contribution is 0.321. The molecule has 6 nitrogen and oxygen atoms in total. The first kappa shape index (κ1) is 17.9. The summed E-state index contributed by atoms with van der Waals surface area (Å²) in [5.74, 6) is 1.53. The Hall–Kier alpha value is -2.54. The molecular weight excluding hydrogens is 343 g/mol. The molecular formula is C20H25FN6. The van der Waals surface area contributed by atoms with Gasteiger partial charge in [-0.3, -0.25) is 5.10 Å². The second-order valence-electron chi connectivity index (χ2n) is 7.87. The van der Waals surface area contributed by atoms with Crippen molar-refractivity contribution in [2.45, 2.75) is 32.7 Å². The number of hydrogen-bond donors (Lipinski definition) is 2. The van der Waals surface area contributed by atoms with Gasteiger partial charge in [0.15, 0.2) is 11.5 Å². The number of halogens is 1. The fourth-order valence-electron chi connectivity index (χ4n) is 4.09. The summed E-state index contributed by atoms with van der Waals surface area (Å²) in [4.78, 5) is 11.0. The van der Waals surface area contributed by atoms with E-state index in [0.717, 1.165) is 37.1 Å². The molecule has 0 bridgehead atoms. The van der Waals surface area contributed by atoms with Crippen LogP contribution in [0.5, 0.6) is 0 Å². The topological polar surface area (TPSA) is 83.7 Å². The first-order chi connectivity index (χ1) is 13.0. The Morgan fingerprint density at radius 1 is 1.30 bits per heavy atom. The molecule has 3 N–H and O–H groups in total. The number of pyridine rings is 2. The zero-order valence-corrected chi connectivity index (χ0v) is 15.7. The number of anilines is 1. The number of fused-ring (bicyclic) bond motifs is 1. The normalized spacial score (nSPS) is 20.6. The van der Waals surface area contributed by atoms with Gasteiger partial charge < -0.3 is 10.6 Å². The Bertz CT molecular complexity index is 935. The molecule has 1 aliphatic heterocycles. The highest BCUT2D eigenvalue weighted by atomic mass is 19.1. The summed E-state index contributed by atoms with van der Waals surface area (Å²) in [6, 6.07) is 6.99. The first-order valence-corrected chi connectivity index (χ1v) is 9.47. The third kappa shape index (κ3) is 3.64. The maximum Gasteiger partial charge on any atom is 0.181 e. The monoisotopic (exact) mass is 368 g/mol. The summed E-state index contributed by atoms with van der Waals surface area (Å²) < 4.78 is 14.6. The van der Waals surface area contributed by atoms with Crippen molar-refractivity contribution in [1.82, 2.24) is 20.2 Å². The second-order valence-corrected chi connectivity index (χ2v) is 7.87. The summed E-state index contributed by atoms with van der Waals surface area (Å²) in [5.41, 5.74) is 7.67. The van der Waals surface area contributed by atoms with Crippen LogP contribution in [-0.4, -0.2) is 39.3 Å². The summed E-state index contributed by atoms with van der Waals surface area (Å²) in [6.07, 6.45) is 3.83. The predicted octanol–water partition coefficient (Wildman–Crippen LogP) is 3.36. The molecule has 7 heteroatoms. The highest BCUT2D eigenvalue weighted by molar-refractivity contribution is 5.89. The molecule has 2 atom stereocenters. The SMILES string of the molecule is CC(C)C[C@@H]1C[C@H](N)CN(c2ccc(F)c(-c3[nH]nc4ncccc34)n2)C1. The van der Waals surface area contributed by atoms with Gasteiger partial charge >= 0.3 is 0 Å². The van der Waals surface area contributed by atoms with Gasteiger partial charge in [0.2, 0.25) is 0 Å². The molecule has 3 aromatic rings. The van der Waals surface area contributed by atoms with Gasteiger partial charge in [0, 0.05) is 30.7 Å². The summed E-state index contributed by atoms with van der Waals surface area (Å²) in [7, 11) is 0. The Kier molecular flexibility index (Phi) is 4.78. The standard InChI is InChI=1S/C20H25FN6/c1-12(2)8-13-9-14(22)11-27(10-13)17-6-5-16(21)19(24-17)18-15-4-3-7-23-20(15)26-25-18/h3-7,12-14H,8-11,22H2,1-2H3,(H,23,25,26)/t13-,14+/m1/s1. The first-order valence-electron chi connectivity index (χ1n) is 9.47. The molecule has 0 amide bonds. The number of H-pyrrole nitrogens is 1. The van der Waals surface area contributed by atoms with E-state index < -0.39 is 0 Å². The lowest BCUT2D eigenvalue weighted by atomic mass is 9.87. The lowest BCUT2D eigenvalue weighted by Gasteiger charge is -2.38. The Balaban J connectivity index is 1.68. The second kappa shape index (κ2) is 7.23. The molecule has 27 heavy (non-hydrogen) atoms. The van der Waals surface area contributed by atoms with Gasteiger partial charge in [-0.25, -0.2) is 14.4 Å². The zero-order chi connectivity index (χ0) is 19.0. The van der Waals surface area contributed by atoms with Crippen LogP contribution in [0.15, 0.2) is 30.5 Å². The Morgan fingerprint density at radius 3 is 2.96 bits per heavy atom. The molecule has 1 fully saturated rings. The fourth-order valence-corrected chi connectivity index (χ4v) is 4.09. The van der Waals surface area contributed by atoms with Crippen LogP contribution >= 0.6 is 0 Å². The van der Waals surface area contributed by atoms with E-state index in [2.05, 4.69) is 38.9 Å². The molecule has 4 heterocycles. The third-order valence-electron chi connectivity index (χ3n) is 5.10. The molecule has 142 valence electrons. The van der Waals surface area contributed by atoms with Gasteiger partial charge in [0.25, 0.3) is 0 Å². The minimum absolute atomic E-state index is 0.106. The molecule has 1 saturated heterocycles. The number of nitrogens with two attached hydrogens (primary N) is 1. The van der Waals surface area contributed by atoms with Crippen molar-refractivity contribution >= 4 is 16.9 Å². The van der Waals surface area contributed by atoms with Crippen molar-refractivity contribution in [3.05, 3.63) is 36.3 Å². The van der Waals surface area contributed by atoms with Crippen LogP contribution in [0.3, 0.4) is 0 Å². The van der Waals surface area contributed by atoms with Gasteiger partial charge in [-0.05, 0) is 48.9 Å². The van der Waals surface area contributed by atoms with Gasteiger partial charge in [-0.2, -0.15) is 5.10 Å². The molecule has 4 rings (SSSR count). The van der Waals surface area contributed by atoms with Gasteiger partial charge in [0.05, 0.1) is 5.69 Å². The smallest absolute Gasteiger partial charge is 0.181 e. The van der Waals surface area contributed by atoms with E-state index in [9.17, 15) is 4.39 Å². The van der Waals surface area contributed by atoms with E-state index in [0.29, 0.717) is 23.2 Å². The number of rotatable bonds is 4. The van der Waals surface area contributed by atoms with Crippen LogP contribution in [-0.2, 0) is 0 Å². The highest BCUT2D eigenvalue weighted by Crippen LogP contribution is 2.30. The number of nitrogens with zero attached hydrogens (tertiary/aromatic N) is 4. The van der Waals surface area contributed by atoms with Crippen molar-refractivity contribution in [3.63, 3.8) is 0 Å². The van der Waals surface area contributed by atoms with Crippen molar-refractivity contribution in [2.24, 2.45) is 17.6 Å². The van der Waals surface area contributed by atoms with E-state index in [4.69, 9.17) is 5.73 Å². The molecule has 1 aliphatic rings. The van der Waals surface area contributed by atoms with Crippen LogP contribution < -0.4 is 10.6 Å². The van der Waals surface area contributed by atoms with E-state index in [1.165, 1.54) is 6.07 Å². The summed E-state index contributed by atoms with van der Waals surface area (Å²) >= 11 is 0. The highest BCUT2D eigenvalue weighted by Gasteiger charge is 2.27. The van der Waals surface area contributed by atoms with Gasteiger partial charge in [-0.15, -0.1) is 0 Å². The quantitative estimate of drug-likeness (QED) is 0.738. The molecule has 3 aromatic heterocycles. The van der Waals surface area contributed by atoms with Crippen molar-refractivity contribution in [1.29, 1.82) is 0 Å². The van der Waals surface area contributed by atoms with E-state index in [-0.39, 0.29) is 17.6 Å². The molecule has 0 aromatic carbocycles. The van der Waals surface area contributed by atoms with E-state index >= 15 is 0 Å². The Morgan fingerprint density at radius 2 is 2.15 bits per heavy atom. The van der Waals surface area contributed by atoms with Gasteiger partial charge in [-0.1, -0.05) is 13.8 Å². The molecule has 0 saturated carbocycles. The number of hydrogen-bond acceptors (Lipinski definition) is 5. The number of nitrogens with one attached hydrogen (secondary N) is 1. The molecule has 0 spiro atoms. The zero-order valence-electron chi connectivity index (χ0n) is 15.7. The third-order valence-corrected chi connectivity index (χ3v) is 5.10. The van der Waals surface area contributed by atoms with Crippen LogP contribution in [0.4, 0.5) is 10.2 Å². The van der Waals surface area contributed by atoms with E-state index in [1.54, 1.807) is 12.3 Å². The Labute approximate surface area is 158 Å². The maximum absolute atomic E-state index is 14.6. The maximum atomic E-state index is 14.6. The predicted molar refractivity (Wildman–Crippen MR) is 105 cm³/mol. The van der Waals surface area contributed by atoms with Crippen LogP contribution in [0.25, 0.3) is 22.4 Å². The largest absolute Gasteiger partial charge is 0.355 e. The number of piperidine rings is 1. The van der Waals surface area contributed by atoms with E-state index in [1.807, 2.05) is 12.1 Å². The van der Waals surface area contributed by atoms with Crippen LogP contribution in [0.1, 0.15) is 26.7 Å². The number of aromatic nitrogens is 4. The van der Waals surface area contributed by atoms with Crippen LogP contribution in [0, 0.1) is 17.7 Å². The summed E-state index contributed by atoms with van der Waals surface area (Å²) in [5, 5.41) is 7.80. The minimum Gasteiger partial charge on any atom is -0.355 e. The van der Waals surface area contributed by atoms with Crippen molar-refractivity contribution < 1.29 is 4.39 Å². The molecule has 0 aliphatic carbocycles.